The van der Waals surface area contributed by atoms with E-state index in [1.54, 1.807) is 0 Å². The largest absolute Gasteiger partial charge is 0.454 e. The second kappa shape index (κ2) is 7.51. The van der Waals surface area contributed by atoms with Crippen molar-refractivity contribution in [3.05, 3.63) is 59.7 Å². The molecule has 1 N–H and O–H groups in total. The van der Waals surface area contributed by atoms with Gasteiger partial charge in [0.1, 0.15) is 0 Å². The van der Waals surface area contributed by atoms with Crippen molar-refractivity contribution in [3.63, 3.8) is 0 Å². The highest BCUT2D eigenvalue weighted by Gasteiger charge is 2.22. The highest BCUT2D eigenvalue weighted by Crippen LogP contribution is 2.36. The molecule has 0 aliphatic carbocycles. The minimum atomic E-state index is 0.320. The van der Waals surface area contributed by atoms with Crippen LogP contribution in [0, 0.1) is 5.92 Å². The lowest BCUT2D eigenvalue weighted by molar-refractivity contribution is 0.173. The number of rotatable bonds is 7. The number of para-hydroxylation sites is 1. The maximum atomic E-state index is 5.62. The van der Waals surface area contributed by atoms with Crippen molar-refractivity contribution < 1.29 is 9.47 Å². The van der Waals surface area contributed by atoms with Gasteiger partial charge in [0.25, 0.3) is 0 Å². The molecule has 122 valence electrons. The zero-order chi connectivity index (χ0) is 16.1. The van der Waals surface area contributed by atoms with Crippen LogP contribution in [0.25, 0.3) is 0 Å². The first kappa shape index (κ1) is 15.9. The molecule has 0 aromatic heterocycles. The normalized spacial score (nSPS) is 14.2. The van der Waals surface area contributed by atoms with Gasteiger partial charge in [-0.2, -0.15) is 0 Å². The molecule has 1 atom stereocenters. The molecule has 1 aliphatic heterocycles. The molecular weight excluding hydrogens is 286 g/mol. The molecule has 3 heteroatoms. The quantitative estimate of drug-likeness (QED) is 0.805. The maximum absolute atomic E-state index is 5.62. The van der Waals surface area contributed by atoms with Crippen LogP contribution in [-0.2, 0) is 6.54 Å². The Morgan fingerprint density at radius 3 is 2.48 bits per heavy atom. The third kappa shape index (κ3) is 3.50. The van der Waals surface area contributed by atoms with Gasteiger partial charge in [0.2, 0.25) is 6.79 Å². The average molecular weight is 311 g/mol. The molecule has 3 rings (SSSR count). The molecule has 1 aliphatic rings. The van der Waals surface area contributed by atoms with E-state index in [9.17, 15) is 0 Å². The van der Waals surface area contributed by atoms with Crippen LogP contribution in [0.5, 0.6) is 11.5 Å². The van der Waals surface area contributed by atoms with Crippen LogP contribution in [0.3, 0.4) is 0 Å². The number of benzene rings is 2. The Morgan fingerprint density at radius 2 is 1.74 bits per heavy atom. The Balaban J connectivity index is 1.78. The fourth-order valence-corrected chi connectivity index (χ4v) is 3.33. The minimum Gasteiger partial charge on any atom is -0.454 e. The van der Waals surface area contributed by atoms with Crippen molar-refractivity contribution in [2.75, 3.05) is 6.79 Å². The summed E-state index contributed by atoms with van der Waals surface area (Å²) in [5.74, 6) is 2.35. The minimum absolute atomic E-state index is 0.320. The van der Waals surface area contributed by atoms with Gasteiger partial charge in [-0.1, -0.05) is 69.2 Å². The summed E-state index contributed by atoms with van der Waals surface area (Å²) in [6.07, 6.45) is 2.32. The fraction of sp³-hybridized carbons (Fsp3) is 0.400. The molecule has 0 spiro atoms. The van der Waals surface area contributed by atoms with Gasteiger partial charge in [-0.3, -0.25) is 0 Å². The van der Waals surface area contributed by atoms with Crippen LogP contribution in [0.4, 0.5) is 0 Å². The van der Waals surface area contributed by atoms with Gasteiger partial charge in [-0.25, -0.2) is 0 Å². The van der Waals surface area contributed by atoms with Gasteiger partial charge in [0.05, 0.1) is 0 Å². The van der Waals surface area contributed by atoms with Crippen LogP contribution in [-0.4, -0.2) is 6.79 Å². The zero-order valence-corrected chi connectivity index (χ0v) is 13.9. The molecule has 0 unspecified atom stereocenters. The zero-order valence-electron chi connectivity index (χ0n) is 13.9. The highest BCUT2D eigenvalue weighted by molar-refractivity contribution is 5.48. The summed E-state index contributed by atoms with van der Waals surface area (Å²) in [7, 11) is 0. The molecule has 0 bridgehead atoms. The van der Waals surface area contributed by atoms with Gasteiger partial charge in [-0.15, -0.1) is 0 Å². The van der Waals surface area contributed by atoms with Crippen LogP contribution >= 0.6 is 0 Å². The molecule has 23 heavy (non-hydrogen) atoms. The summed E-state index contributed by atoms with van der Waals surface area (Å²) >= 11 is 0. The van der Waals surface area contributed by atoms with E-state index in [0.717, 1.165) is 36.4 Å². The van der Waals surface area contributed by atoms with Crippen molar-refractivity contribution in [1.82, 2.24) is 5.32 Å². The van der Waals surface area contributed by atoms with Crippen LogP contribution in [0.1, 0.15) is 43.9 Å². The van der Waals surface area contributed by atoms with E-state index in [4.69, 9.17) is 9.47 Å². The van der Waals surface area contributed by atoms with Gasteiger partial charge in [0, 0.05) is 18.2 Å². The van der Waals surface area contributed by atoms with Crippen molar-refractivity contribution in [2.45, 2.75) is 39.3 Å². The Kier molecular flexibility index (Phi) is 5.19. The molecule has 0 saturated carbocycles. The van der Waals surface area contributed by atoms with E-state index in [1.165, 1.54) is 5.56 Å². The SMILES string of the molecule is CCC(CC)[C@H](NCc1cccc2c1OCO2)c1ccccc1. The molecule has 2 aromatic carbocycles. The predicted octanol–water partition coefficient (Wildman–Crippen LogP) is 4.68. The van der Waals surface area contributed by atoms with Crippen LogP contribution < -0.4 is 14.8 Å². The Labute approximate surface area is 138 Å². The van der Waals surface area contributed by atoms with E-state index in [-0.39, 0.29) is 0 Å². The predicted molar refractivity (Wildman–Crippen MR) is 92.7 cm³/mol. The van der Waals surface area contributed by atoms with E-state index in [0.29, 0.717) is 18.8 Å². The molecule has 2 aromatic rings. The first-order valence-electron chi connectivity index (χ1n) is 8.49. The van der Waals surface area contributed by atoms with Gasteiger partial charge >= 0.3 is 0 Å². The molecule has 3 nitrogen and oxygen atoms in total. The van der Waals surface area contributed by atoms with Crippen LogP contribution in [0.2, 0.25) is 0 Å². The first-order chi connectivity index (χ1) is 11.3. The fourth-order valence-electron chi connectivity index (χ4n) is 3.33. The topological polar surface area (TPSA) is 30.5 Å². The standard InChI is InChI=1S/C20H25NO2/c1-3-15(4-2)19(16-9-6-5-7-10-16)21-13-17-11-8-12-18-20(17)23-14-22-18/h5-12,15,19,21H,3-4,13-14H2,1-2H3/t19-/m0/s1. The summed E-state index contributed by atoms with van der Waals surface area (Å²) in [5.41, 5.74) is 2.51. The lowest BCUT2D eigenvalue weighted by atomic mass is 9.88. The highest BCUT2D eigenvalue weighted by atomic mass is 16.7. The van der Waals surface area contributed by atoms with Crippen molar-refractivity contribution in [1.29, 1.82) is 0 Å². The van der Waals surface area contributed by atoms with Crippen LogP contribution in [0.15, 0.2) is 48.5 Å². The summed E-state index contributed by atoms with van der Waals surface area (Å²) in [4.78, 5) is 0. The molecule has 0 amide bonds. The smallest absolute Gasteiger partial charge is 0.231 e. The van der Waals surface area contributed by atoms with E-state index < -0.39 is 0 Å². The summed E-state index contributed by atoms with van der Waals surface area (Å²) in [5, 5.41) is 3.75. The van der Waals surface area contributed by atoms with Gasteiger partial charge in [-0.05, 0) is 17.5 Å². The first-order valence-corrected chi connectivity index (χ1v) is 8.49. The number of hydrogen-bond donors (Lipinski definition) is 1. The molecule has 0 radical (unpaired) electrons. The van der Waals surface area contributed by atoms with E-state index >= 15 is 0 Å². The van der Waals surface area contributed by atoms with Gasteiger partial charge in [0.15, 0.2) is 11.5 Å². The van der Waals surface area contributed by atoms with E-state index in [1.807, 2.05) is 12.1 Å². The second-order valence-electron chi connectivity index (χ2n) is 6.00. The average Bonchev–Trinajstić information content (AvgIpc) is 3.09. The molecular formula is C20H25NO2. The number of fused-ring (bicyclic) bond motifs is 1. The maximum Gasteiger partial charge on any atom is 0.231 e. The van der Waals surface area contributed by atoms with Crippen molar-refractivity contribution in [3.8, 4) is 11.5 Å². The molecule has 1 heterocycles. The monoisotopic (exact) mass is 311 g/mol. The van der Waals surface area contributed by atoms with Crippen molar-refractivity contribution in [2.24, 2.45) is 5.92 Å². The molecule has 0 saturated heterocycles. The third-order valence-corrected chi connectivity index (χ3v) is 4.67. The lowest BCUT2D eigenvalue weighted by Gasteiger charge is -2.27. The second-order valence-corrected chi connectivity index (χ2v) is 6.00. The summed E-state index contributed by atoms with van der Waals surface area (Å²) < 4.78 is 11.1. The Hall–Kier alpha value is -2.00. The van der Waals surface area contributed by atoms with E-state index in [2.05, 4.69) is 55.6 Å². The number of ether oxygens (including phenoxy) is 2. The summed E-state index contributed by atoms with van der Waals surface area (Å²) in [6.45, 7) is 5.63. The number of nitrogens with one attached hydrogen (secondary N) is 1. The Bertz CT molecular complexity index is 623. The lowest BCUT2D eigenvalue weighted by Crippen LogP contribution is -2.27. The Morgan fingerprint density at radius 1 is 0.957 bits per heavy atom. The molecule has 0 fully saturated rings. The number of hydrogen-bond acceptors (Lipinski definition) is 3. The van der Waals surface area contributed by atoms with Gasteiger partial charge < -0.3 is 14.8 Å². The van der Waals surface area contributed by atoms with Crippen molar-refractivity contribution >= 4 is 0 Å². The third-order valence-electron chi connectivity index (χ3n) is 4.67. The summed E-state index contributed by atoms with van der Waals surface area (Å²) in [6, 6.07) is 17.2.